The number of hydrogen-bond donors (Lipinski definition) is 0. The summed E-state index contributed by atoms with van der Waals surface area (Å²) in [4.78, 5) is 26.6. The standard InChI is InChI=1S/C22H23N3O3/c1-16(2)24(19-7-5-4-6-8-19)21(26)15-28-22(27)18-9-11-20(12-10-18)25-17(3)13-14-23-25/h4-14,16H,15H2,1-3H3. The molecule has 0 atom stereocenters. The van der Waals surface area contributed by atoms with E-state index in [0.717, 1.165) is 17.1 Å². The lowest BCUT2D eigenvalue weighted by molar-refractivity contribution is -0.122. The van der Waals surface area contributed by atoms with Gasteiger partial charge in [-0.2, -0.15) is 5.10 Å². The predicted molar refractivity (Wildman–Crippen MR) is 108 cm³/mol. The van der Waals surface area contributed by atoms with Crippen LogP contribution in [0.5, 0.6) is 0 Å². The first-order valence-electron chi connectivity index (χ1n) is 9.12. The minimum atomic E-state index is -0.533. The van der Waals surface area contributed by atoms with Gasteiger partial charge in [0.25, 0.3) is 5.91 Å². The molecule has 0 aliphatic rings. The average Bonchev–Trinajstić information content (AvgIpc) is 3.13. The molecule has 3 aromatic rings. The molecule has 0 spiro atoms. The Bertz CT molecular complexity index is 947. The van der Waals surface area contributed by atoms with Gasteiger partial charge in [0.15, 0.2) is 6.61 Å². The maximum Gasteiger partial charge on any atom is 0.338 e. The summed E-state index contributed by atoms with van der Waals surface area (Å²) in [6, 6.07) is 18.1. The molecule has 6 heteroatoms. The number of ether oxygens (including phenoxy) is 1. The Hall–Kier alpha value is -3.41. The number of amides is 1. The lowest BCUT2D eigenvalue weighted by atomic mass is 10.2. The van der Waals surface area contributed by atoms with Gasteiger partial charge in [-0.3, -0.25) is 4.79 Å². The number of para-hydroxylation sites is 1. The molecule has 28 heavy (non-hydrogen) atoms. The van der Waals surface area contributed by atoms with Crippen LogP contribution in [0, 0.1) is 6.92 Å². The molecule has 6 nitrogen and oxygen atoms in total. The molecular weight excluding hydrogens is 354 g/mol. The quantitative estimate of drug-likeness (QED) is 0.613. The zero-order chi connectivity index (χ0) is 20.1. The highest BCUT2D eigenvalue weighted by atomic mass is 16.5. The summed E-state index contributed by atoms with van der Waals surface area (Å²) in [6.45, 7) is 5.48. The smallest absolute Gasteiger partial charge is 0.338 e. The minimum Gasteiger partial charge on any atom is -0.452 e. The normalized spacial score (nSPS) is 10.7. The largest absolute Gasteiger partial charge is 0.452 e. The monoisotopic (exact) mass is 377 g/mol. The molecule has 0 aliphatic heterocycles. The topological polar surface area (TPSA) is 64.4 Å². The van der Waals surface area contributed by atoms with Gasteiger partial charge in [0.2, 0.25) is 0 Å². The van der Waals surface area contributed by atoms with Crippen LogP contribution in [0.2, 0.25) is 0 Å². The molecule has 1 heterocycles. The number of hydrogen-bond acceptors (Lipinski definition) is 4. The molecule has 0 aliphatic carbocycles. The first-order valence-corrected chi connectivity index (χ1v) is 9.12. The summed E-state index contributed by atoms with van der Waals surface area (Å²) in [6.07, 6.45) is 1.72. The molecule has 1 aromatic heterocycles. The van der Waals surface area contributed by atoms with Gasteiger partial charge in [0, 0.05) is 23.6 Å². The fraction of sp³-hybridized carbons (Fsp3) is 0.227. The minimum absolute atomic E-state index is 0.0507. The highest BCUT2D eigenvalue weighted by Crippen LogP contribution is 2.17. The molecule has 144 valence electrons. The number of carbonyl (C=O) groups excluding carboxylic acids is 2. The van der Waals surface area contributed by atoms with E-state index in [2.05, 4.69) is 5.10 Å². The fourth-order valence-corrected chi connectivity index (χ4v) is 2.98. The Labute approximate surface area is 164 Å². The molecule has 0 saturated carbocycles. The van der Waals surface area contributed by atoms with E-state index in [1.807, 2.05) is 57.2 Å². The van der Waals surface area contributed by atoms with Crippen LogP contribution < -0.4 is 4.90 Å². The third-order valence-electron chi connectivity index (χ3n) is 4.33. The van der Waals surface area contributed by atoms with Crippen molar-refractivity contribution in [1.29, 1.82) is 0 Å². The second kappa shape index (κ2) is 8.52. The second-order valence-corrected chi connectivity index (χ2v) is 6.70. The Morgan fingerprint density at radius 3 is 2.29 bits per heavy atom. The first kappa shape index (κ1) is 19.4. The van der Waals surface area contributed by atoms with E-state index in [0.29, 0.717) is 5.56 Å². The van der Waals surface area contributed by atoms with Crippen molar-refractivity contribution in [3.8, 4) is 5.69 Å². The fourth-order valence-electron chi connectivity index (χ4n) is 2.98. The van der Waals surface area contributed by atoms with Crippen molar-refractivity contribution in [3.63, 3.8) is 0 Å². The van der Waals surface area contributed by atoms with Crippen LogP contribution in [0.15, 0.2) is 66.9 Å². The predicted octanol–water partition coefficient (Wildman–Crippen LogP) is 3.78. The summed E-state index contributed by atoms with van der Waals surface area (Å²) in [5.74, 6) is -0.799. The summed E-state index contributed by atoms with van der Waals surface area (Å²) in [7, 11) is 0. The molecule has 0 radical (unpaired) electrons. The van der Waals surface area contributed by atoms with Crippen molar-refractivity contribution in [2.75, 3.05) is 11.5 Å². The third-order valence-corrected chi connectivity index (χ3v) is 4.33. The van der Waals surface area contributed by atoms with Crippen LogP contribution >= 0.6 is 0 Å². The Kier molecular flexibility index (Phi) is 5.89. The van der Waals surface area contributed by atoms with Gasteiger partial charge in [-0.05, 0) is 63.2 Å². The average molecular weight is 377 g/mol. The van der Waals surface area contributed by atoms with Crippen molar-refractivity contribution >= 4 is 17.6 Å². The number of rotatable bonds is 6. The SMILES string of the molecule is Cc1ccnn1-c1ccc(C(=O)OCC(=O)N(c2ccccc2)C(C)C)cc1. The van der Waals surface area contributed by atoms with Crippen molar-refractivity contribution in [2.24, 2.45) is 0 Å². The van der Waals surface area contributed by atoms with Gasteiger partial charge >= 0.3 is 5.97 Å². The summed E-state index contributed by atoms with van der Waals surface area (Å²) >= 11 is 0. The van der Waals surface area contributed by atoms with Gasteiger partial charge in [0.1, 0.15) is 0 Å². The van der Waals surface area contributed by atoms with E-state index >= 15 is 0 Å². The van der Waals surface area contributed by atoms with Gasteiger partial charge in [-0.1, -0.05) is 18.2 Å². The van der Waals surface area contributed by atoms with E-state index in [1.54, 1.807) is 40.0 Å². The number of carbonyl (C=O) groups is 2. The van der Waals surface area contributed by atoms with Gasteiger partial charge in [-0.15, -0.1) is 0 Å². The van der Waals surface area contributed by atoms with Gasteiger partial charge in [0.05, 0.1) is 11.3 Å². The molecule has 0 bridgehead atoms. The van der Waals surface area contributed by atoms with Crippen LogP contribution in [-0.2, 0) is 9.53 Å². The maximum atomic E-state index is 12.6. The Balaban J connectivity index is 1.64. The Morgan fingerprint density at radius 2 is 1.71 bits per heavy atom. The van der Waals surface area contributed by atoms with Crippen LogP contribution in [0.1, 0.15) is 29.9 Å². The van der Waals surface area contributed by atoms with Crippen molar-refractivity contribution in [2.45, 2.75) is 26.8 Å². The number of aromatic nitrogens is 2. The van der Waals surface area contributed by atoms with Crippen LogP contribution in [0.25, 0.3) is 5.69 Å². The number of anilines is 1. The van der Waals surface area contributed by atoms with E-state index in [1.165, 1.54) is 0 Å². The van der Waals surface area contributed by atoms with Crippen LogP contribution in [0.4, 0.5) is 5.69 Å². The molecule has 3 rings (SSSR count). The number of benzene rings is 2. The summed E-state index contributed by atoms with van der Waals surface area (Å²) < 4.78 is 7.02. The first-order chi connectivity index (χ1) is 13.5. The molecule has 0 saturated heterocycles. The van der Waals surface area contributed by atoms with Crippen LogP contribution in [-0.4, -0.2) is 34.3 Å². The molecule has 2 aromatic carbocycles. The molecule has 0 fully saturated rings. The van der Waals surface area contributed by atoms with Gasteiger partial charge in [-0.25, -0.2) is 9.48 Å². The number of esters is 1. The second-order valence-electron chi connectivity index (χ2n) is 6.70. The highest BCUT2D eigenvalue weighted by molar-refractivity contribution is 5.97. The lowest BCUT2D eigenvalue weighted by Crippen LogP contribution is -2.39. The van der Waals surface area contributed by atoms with E-state index in [4.69, 9.17) is 4.74 Å². The van der Waals surface area contributed by atoms with Crippen molar-refractivity contribution < 1.29 is 14.3 Å². The zero-order valence-corrected chi connectivity index (χ0v) is 16.2. The zero-order valence-electron chi connectivity index (χ0n) is 16.2. The molecule has 1 amide bonds. The molecule has 0 unspecified atom stereocenters. The van der Waals surface area contributed by atoms with E-state index < -0.39 is 5.97 Å². The van der Waals surface area contributed by atoms with Crippen LogP contribution in [0.3, 0.4) is 0 Å². The lowest BCUT2D eigenvalue weighted by Gasteiger charge is -2.26. The van der Waals surface area contributed by atoms with Crippen molar-refractivity contribution in [3.05, 3.63) is 78.1 Å². The highest BCUT2D eigenvalue weighted by Gasteiger charge is 2.20. The van der Waals surface area contributed by atoms with E-state index in [9.17, 15) is 9.59 Å². The Morgan fingerprint density at radius 1 is 1.04 bits per heavy atom. The third kappa shape index (κ3) is 4.28. The van der Waals surface area contributed by atoms with Gasteiger partial charge < -0.3 is 9.64 Å². The van der Waals surface area contributed by atoms with E-state index in [-0.39, 0.29) is 18.6 Å². The maximum absolute atomic E-state index is 12.6. The summed E-state index contributed by atoms with van der Waals surface area (Å²) in [5, 5.41) is 4.24. The number of nitrogens with zero attached hydrogens (tertiary/aromatic N) is 3. The molecule has 0 N–H and O–H groups in total. The van der Waals surface area contributed by atoms with Crippen molar-refractivity contribution in [1.82, 2.24) is 9.78 Å². The number of aryl methyl sites for hydroxylation is 1. The molecular formula is C22H23N3O3. The summed E-state index contributed by atoms with van der Waals surface area (Å²) in [5.41, 5.74) is 3.01.